The predicted octanol–water partition coefficient (Wildman–Crippen LogP) is -9.79. The average Bonchev–Trinajstić information content (AvgIpc) is 3.25. The van der Waals surface area contributed by atoms with E-state index in [1.165, 1.54) is 28.9 Å². The standard InChI is InChI=1S/C20H20N6O9S.2Na/c1-25-19(22-23-24-25)36-8-10-7-35-18-20(34-2,17(33)26(18)13(10)16(31)32)21-14(28)12(15(29)30)9-3-5-11(27)6-4-9;;/h3-6,12,18,27H,7-8H2,1-2H3,(H,21,28)(H,29,30)(H,31,32);;/q;2*+1/p-2/t12?,18?,20-;;/m0../s1. The third kappa shape index (κ3) is 5.78. The molecule has 0 bridgehead atoms. The number of nitrogens with one attached hydrogen (secondary N) is 1. The maximum atomic E-state index is 13.1. The molecular weight excluding hydrogens is 546 g/mol. The Bertz CT molecular complexity index is 1270. The van der Waals surface area contributed by atoms with Crippen molar-refractivity contribution >= 4 is 35.5 Å². The maximum absolute atomic E-state index is 13.1. The third-order valence-corrected chi connectivity index (χ3v) is 6.71. The molecule has 1 aromatic carbocycles. The maximum Gasteiger partial charge on any atom is 1.00 e. The summed E-state index contributed by atoms with van der Waals surface area (Å²) >= 11 is 1.10. The van der Waals surface area contributed by atoms with Crippen molar-refractivity contribution in [2.45, 2.75) is 23.0 Å². The molecule has 0 saturated carbocycles. The Morgan fingerprint density at radius 1 is 1.29 bits per heavy atom. The number of nitrogens with zero attached hydrogens (tertiary/aromatic N) is 5. The Labute approximate surface area is 263 Å². The number of ether oxygens (including phenoxy) is 2. The minimum atomic E-state index is -2.20. The number of thioether (sulfide) groups is 1. The number of hydrogen-bond donors (Lipinski definition) is 2. The van der Waals surface area contributed by atoms with Gasteiger partial charge >= 0.3 is 59.1 Å². The van der Waals surface area contributed by atoms with Crippen LogP contribution in [-0.2, 0) is 35.7 Å². The van der Waals surface area contributed by atoms with Crippen LogP contribution in [0.15, 0.2) is 40.7 Å². The van der Waals surface area contributed by atoms with Crippen molar-refractivity contribution in [1.29, 1.82) is 0 Å². The van der Waals surface area contributed by atoms with Crippen LogP contribution in [0, 0.1) is 0 Å². The van der Waals surface area contributed by atoms with Crippen molar-refractivity contribution in [3.63, 3.8) is 0 Å². The van der Waals surface area contributed by atoms with Crippen LogP contribution < -0.4 is 74.6 Å². The van der Waals surface area contributed by atoms with Crippen molar-refractivity contribution in [2.75, 3.05) is 19.5 Å². The van der Waals surface area contributed by atoms with Crippen molar-refractivity contribution in [1.82, 2.24) is 30.4 Å². The van der Waals surface area contributed by atoms with Gasteiger partial charge in [-0.1, -0.05) is 23.9 Å². The normalized spacial score (nSPS) is 20.8. The van der Waals surface area contributed by atoms with Gasteiger partial charge in [-0.3, -0.25) is 14.5 Å². The molecule has 190 valence electrons. The zero-order valence-corrected chi connectivity index (χ0v) is 25.6. The van der Waals surface area contributed by atoms with E-state index in [-0.39, 0.29) is 88.4 Å². The molecule has 1 aromatic heterocycles. The van der Waals surface area contributed by atoms with Gasteiger partial charge in [0.1, 0.15) is 11.7 Å². The van der Waals surface area contributed by atoms with Crippen molar-refractivity contribution in [2.24, 2.45) is 7.05 Å². The summed E-state index contributed by atoms with van der Waals surface area (Å²) in [7, 11) is 2.67. The van der Waals surface area contributed by atoms with E-state index in [2.05, 4.69) is 20.8 Å². The monoisotopic (exact) mass is 564 g/mol. The van der Waals surface area contributed by atoms with E-state index in [1.807, 2.05) is 0 Å². The van der Waals surface area contributed by atoms with E-state index in [0.29, 0.717) is 5.16 Å². The summed E-state index contributed by atoms with van der Waals surface area (Å²) in [5.41, 5.74) is -2.50. The van der Waals surface area contributed by atoms with Gasteiger partial charge in [0.25, 0.3) is 11.6 Å². The molecule has 4 rings (SSSR count). The smallest absolute Gasteiger partial charge is 0.549 e. The number of β-lactam (4-membered cyclic amide) rings is 1. The number of aromatic hydroxyl groups is 1. The first-order valence-corrected chi connectivity index (χ1v) is 11.2. The second kappa shape index (κ2) is 12.9. The molecule has 2 unspecified atom stereocenters. The van der Waals surface area contributed by atoms with E-state index in [1.54, 1.807) is 7.05 Å². The number of aromatic nitrogens is 4. The van der Waals surface area contributed by atoms with Crippen LogP contribution in [0.1, 0.15) is 11.5 Å². The topological polar surface area (TPSA) is 212 Å². The first-order chi connectivity index (χ1) is 17.1. The van der Waals surface area contributed by atoms with Gasteiger partial charge in [-0.25, -0.2) is 4.68 Å². The largest absolute Gasteiger partial charge is 1.00 e. The second-order valence-corrected chi connectivity index (χ2v) is 8.67. The molecule has 0 spiro atoms. The van der Waals surface area contributed by atoms with Crippen LogP contribution in [0.5, 0.6) is 5.75 Å². The van der Waals surface area contributed by atoms with Gasteiger partial charge in [-0.15, -0.1) is 5.10 Å². The fourth-order valence-corrected chi connectivity index (χ4v) is 4.70. The first kappa shape index (κ1) is 32.2. The van der Waals surface area contributed by atoms with E-state index in [0.717, 1.165) is 23.8 Å². The number of carboxylic acid groups (broad SMARTS) is 2. The number of carboxylic acids is 2. The Morgan fingerprint density at radius 3 is 2.47 bits per heavy atom. The Hall–Kier alpha value is -2.02. The Balaban J connectivity index is 0.00000253. The summed E-state index contributed by atoms with van der Waals surface area (Å²) in [5, 5.41) is 46.7. The van der Waals surface area contributed by atoms with E-state index < -0.39 is 47.3 Å². The summed E-state index contributed by atoms with van der Waals surface area (Å²) in [6.07, 6.45) is -1.42. The van der Waals surface area contributed by atoms with Crippen molar-refractivity contribution in [3.8, 4) is 5.75 Å². The molecule has 2 amide bonds. The molecule has 1 fully saturated rings. The number of amides is 2. The van der Waals surface area contributed by atoms with E-state index in [9.17, 15) is 34.5 Å². The molecule has 2 aliphatic heterocycles. The molecule has 18 heteroatoms. The number of tetrazole rings is 1. The fraction of sp³-hybridized carbons (Fsp3) is 0.350. The Kier molecular flexibility index (Phi) is 10.9. The number of phenolic OH excluding ortho intramolecular Hbond substituents is 1. The van der Waals surface area contributed by atoms with Gasteiger partial charge in [-0.2, -0.15) is 0 Å². The minimum Gasteiger partial charge on any atom is -0.549 e. The summed E-state index contributed by atoms with van der Waals surface area (Å²) < 4.78 is 12.3. The number of carbonyl (C=O) groups excluding carboxylic acids is 4. The summed E-state index contributed by atoms with van der Waals surface area (Å²) in [4.78, 5) is 50.5. The van der Waals surface area contributed by atoms with E-state index >= 15 is 0 Å². The molecular formula is C20H18N6Na2O9S. The number of rotatable bonds is 9. The number of hydrogen-bond acceptors (Lipinski definition) is 13. The number of carbonyl (C=O) groups is 4. The van der Waals surface area contributed by atoms with Gasteiger partial charge in [-0.05, 0) is 33.7 Å². The molecule has 0 radical (unpaired) electrons. The van der Waals surface area contributed by atoms with Crippen LogP contribution >= 0.6 is 11.8 Å². The molecule has 2 aromatic rings. The van der Waals surface area contributed by atoms with Crippen molar-refractivity contribution in [3.05, 3.63) is 41.1 Å². The molecule has 0 aliphatic carbocycles. The van der Waals surface area contributed by atoms with Gasteiger partial charge in [0, 0.05) is 19.9 Å². The van der Waals surface area contributed by atoms with Crippen LogP contribution in [0.3, 0.4) is 0 Å². The number of methoxy groups -OCH3 is 1. The molecule has 1 saturated heterocycles. The first-order valence-electron chi connectivity index (χ1n) is 10.2. The quantitative estimate of drug-likeness (QED) is 0.0953. The SMILES string of the molecule is CO[C@@]1(NC(=O)C(C(=O)[O-])c2ccc(O)cc2)C(=O)N2C(C(=O)[O-])=C(CSc3nnnn3C)COC21.[Na+].[Na+]. The molecule has 3 heterocycles. The predicted molar refractivity (Wildman–Crippen MR) is 112 cm³/mol. The number of aliphatic carboxylic acids is 2. The molecule has 2 aliphatic rings. The molecule has 38 heavy (non-hydrogen) atoms. The van der Waals surface area contributed by atoms with Crippen molar-refractivity contribution < 1.29 is 103 Å². The van der Waals surface area contributed by atoms with E-state index in [4.69, 9.17) is 9.47 Å². The molecule has 15 nitrogen and oxygen atoms in total. The zero-order chi connectivity index (χ0) is 26.2. The molecule has 2 N–H and O–H groups in total. The van der Waals surface area contributed by atoms with Crippen LogP contribution in [-0.4, -0.2) is 85.4 Å². The Morgan fingerprint density at radius 2 is 1.95 bits per heavy atom. The fourth-order valence-electron chi connectivity index (χ4n) is 3.85. The van der Waals surface area contributed by atoms with Gasteiger partial charge in [0.05, 0.1) is 24.2 Å². The summed E-state index contributed by atoms with van der Waals surface area (Å²) in [5.74, 6) is -7.58. The zero-order valence-electron chi connectivity index (χ0n) is 20.7. The summed E-state index contributed by atoms with van der Waals surface area (Å²) in [6.45, 7) is -0.265. The summed E-state index contributed by atoms with van der Waals surface area (Å²) in [6, 6.07) is 4.76. The molecule has 3 atom stereocenters. The second-order valence-electron chi connectivity index (χ2n) is 7.72. The number of phenols is 1. The third-order valence-electron chi connectivity index (χ3n) is 5.62. The number of benzene rings is 1. The van der Waals surface area contributed by atoms with Gasteiger partial charge in [0.15, 0.2) is 6.23 Å². The van der Waals surface area contributed by atoms with Gasteiger partial charge in [0.2, 0.25) is 11.1 Å². The van der Waals surface area contributed by atoms with Gasteiger partial charge < -0.3 is 39.7 Å². The minimum absolute atomic E-state index is 0. The van der Waals surface area contributed by atoms with Crippen LogP contribution in [0.4, 0.5) is 0 Å². The number of fused-ring (bicyclic) bond motifs is 1. The average molecular weight is 564 g/mol. The van der Waals surface area contributed by atoms with Crippen LogP contribution in [0.25, 0.3) is 0 Å². The van der Waals surface area contributed by atoms with Crippen LogP contribution in [0.2, 0.25) is 0 Å². The number of aryl methyl sites for hydroxylation is 1.